The van der Waals surface area contributed by atoms with Crippen LogP contribution in [0.3, 0.4) is 0 Å². The Morgan fingerprint density at radius 3 is 2.86 bits per heavy atom. The average Bonchev–Trinajstić information content (AvgIpc) is 3.20. The maximum Gasteiger partial charge on any atom is 0.262 e. The first-order valence-electron chi connectivity index (χ1n) is 9.03. The SMILES string of the molecule is CCCNC(=O)[C@H]1CN(C(=O)c2cc(Cl)c3c(c2)OCO3)c2ccccc2O1. The summed E-state index contributed by atoms with van der Waals surface area (Å²) in [7, 11) is 0. The predicted octanol–water partition coefficient (Wildman–Crippen LogP) is 3.00. The fraction of sp³-hybridized carbons (Fsp3) is 0.300. The van der Waals surface area contributed by atoms with Crippen LogP contribution in [0.15, 0.2) is 36.4 Å². The quantitative estimate of drug-likeness (QED) is 0.850. The molecule has 2 aromatic rings. The van der Waals surface area contributed by atoms with Gasteiger partial charge in [-0.1, -0.05) is 30.7 Å². The second-order valence-corrected chi connectivity index (χ2v) is 6.88. The maximum atomic E-state index is 13.3. The number of hydrogen-bond donors (Lipinski definition) is 1. The van der Waals surface area contributed by atoms with Crippen LogP contribution in [0, 0.1) is 0 Å². The van der Waals surface area contributed by atoms with Crippen LogP contribution in [-0.2, 0) is 4.79 Å². The molecule has 2 aliphatic rings. The Bertz CT molecular complexity index is 933. The molecule has 0 radical (unpaired) electrons. The van der Waals surface area contributed by atoms with Crippen molar-refractivity contribution in [2.45, 2.75) is 19.4 Å². The second-order valence-electron chi connectivity index (χ2n) is 6.47. The number of para-hydroxylation sites is 2. The zero-order valence-electron chi connectivity index (χ0n) is 15.2. The Kier molecular flexibility index (Phi) is 5.00. The molecule has 1 atom stereocenters. The van der Waals surface area contributed by atoms with E-state index in [2.05, 4.69) is 5.32 Å². The minimum Gasteiger partial charge on any atom is -0.477 e. The Hall–Kier alpha value is -2.93. The molecule has 28 heavy (non-hydrogen) atoms. The molecule has 2 heterocycles. The molecule has 0 spiro atoms. The van der Waals surface area contributed by atoms with E-state index in [4.69, 9.17) is 25.8 Å². The van der Waals surface area contributed by atoms with E-state index in [1.54, 1.807) is 30.3 Å². The van der Waals surface area contributed by atoms with Crippen LogP contribution < -0.4 is 24.4 Å². The van der Waals surface area contributed by atoms with Gasteiger partial charge >= 0.3 is 0 Å². The van der Waals surface area contributed by atoms with Crippen molar-refractivity contribution in [3.8, 4) is 17.2 Å². The number of amides is 2. The first-order valence-corrected chi connectivity index (χ1v) is 9.40. The molecule has 0 saturated carbocycles. The van der Waals surface area contributed by atoms with E-state index in [0.717, 1.165) is 6.42 Å². The van der Waals surface area contributed by atoms with Gasteiger partial charge in [0.15, 0.2) is 17.6 Å². The average molecular weight is 403 g/mol. The fourth-order valence-electron chi connectivity index (χ4n) is 3.17. The van der Waals surface area contributed by atoms with Crippen molar-refractivity contribution in [3.05, 3.63) is 47.0 Å². The molecule has 0 aliphatic carbocycles. The number of carbonyl (C=O) groups is 2. The number of benzene rings is 2. The highest BCUT2D eigenvalue weighted by Crippen LogP contribution is 2.41. The Morgan fingerprint density at radius 2 is 2.04 bits per heavy atom. The molecule has 0 fully saturated rings. The van der Waals surface area contributed by atoms with Crippen molar-refractivity contribution in [1.29, 1.82) is 0 Å². The standard InChI is InChI=1S/C20H19ClN2O5/c1-2-7-22-19(24)17-10-23(14-5-3-4-6-15(14)28-17)20(25)12-8-13(21)18-16(9-12)26-11-27-18/h3-6,8-9,17H,2,7,10-11H2,1H3,(H,22,24)/t17-/m1/s1. The third kappa shape index (κ3) is 3.33. The number of halogens is 1. The highest BCUT2D eigenvalue weighted by Gasteiger charge is 2.34. The summed E-state index contributed by atoms with van der Waals surface area (Å²) in [6.45, 7) is 2.67. The summed E-state index contributed by atoms with van der Waals surface area (Å²) in [5.74, 6) is 0.778. The second kappa shape index (κ2) is 7.59. The smallest absolute Gasteiger partial charge is 0.262 e. The molecule has 8 heteroatoms. The zero-order chi connectivity index (χ0) is 19.7. The molecule has 0 bridgehead atoms. The molecule has 0 aromatic heterocycles. The van der Waals surface area contributed by atoms with Crippen molar-refractivity contribution < 1.29 is 23.8 Å². The summed E-state index contributed by atoms with van der Waals surface area (Å²) in [6.07, 6.45) is 0.0165. The van der Waals surface area contributed by atoms with Gasteiger partial charge in [0.2, 0.25) is 6.79 Å². The number of anilines is 1. The van der Waals surface area contributed by atoms with Gasteiger partial charge in [0.1, 0.15) is 5.75 Å². The summed E-state index contributed by atoms with van der Waals surface area (Å²) in [5, 5.41) is 3.12. The van der Waals surface area contributed by atoms with Crippen molar-refractivity contribution >= 4 is 29.1 Å². The molecule has 4 rings (SSSR count). The molecule has 7 nitrogen and oxygen atoms in total. The molecule has 146 valence electrons. The normalized spacial score (nSPS) is 16.9. The van der Waals surface area contributed by atoms with Gasteiger partial charge in [0.25, 0.3) is 11.8 Å². The number of fused-ring (bicyclic) bond motifs is 2. The van der Waals surface area contributed by atoms with Crippen LogP contribution in [0.2, 0.25) is 5.02 Å². The lowest BCUT2D eigenvalue weighted by atomic mass is 10.1. The summed E-state index contributed by atoms with van der Waals surface area (Å²) >= 11 is 6.23. The maximum absolute atomic E-state index is 13.3. The largest absolute Gasteiger partial charge is 0.477 e. The summed E-state index contributed by atoms with van der Waals surface area (Å²) < 4.78 is 16.5. The lowest BCUT2D eigenvalue weighted by molar-refractivity contribution is -0.127. The van der Waals surface area contributed by atoms with Gasteiger partial charge in [-0.2, -0.15) is 0 Å². The first-order chi connectivity index (χ1) is 13.6. The van der Waals surface area contributed by atoms with Gasteiger partial charge in [-0.3, -0.25) is 9.59 Å². The Labute approximate surface area is 167 Å². The fourth-order valence-corrected chi connectivity index (χ4v) is 3.44. The molecule has 0 unspecified atom stereocenters. The van der Waals surface area contributed by atoms with Crippen molar-refractivity contribution in [1.82, 2.24) is 5.32 Å². The number of carbonyl (C=O) groups excluding carboxylic acids is 2. The third-order valence-electron chi connectivity index (χ3n) is 4.53. The molecule has 0 saturated heterocycles. The van der Waals surface area contributed by atoms with Gasteiger partial charge in [0.05, 0.1) is 17.3 Å². The van der Waals surface area contributed by atoms with Crippen LogP contribution in [0.25, 0.3) is 0 Å². The number of rotatable bonds is 4. The third-order valence-corrected chi connectivity index (χ3v) is 4.82. The van der Waals surface area contributed by atoms with E-state index in [1.165, 1.54) is 4.90 Å². The molecule has 2 aromatic carbocycles. The van der Waals surface area contributed by atoms with Gasteiger partial charge in [-0.15, -0.1) is 0 Å². The minimum atomic E-state index is -0.796. The molecular weight excluding hydrogens is 384 g/mol. The Balaban J connectivity index is 1.66. The van der Waals surface area contributed by atoms with Crippen molar-refractivity contribution in [2.75, 3.05) is 24.8 Å². The minimum absolute atomic E-state index is 0.0623. The van der Waals surface area contributed by atoms with E-state index in [9.17, 15) is 9.59 Å². The zero-order valence-corrected chi connectivity index (χ0v) is 16.0. The highest BCUT2D eigenvalue weighted by molar-refractivity contribution is 6.33. The van der Waals surface area contributed by atoms with E-state index in [0.29, 0.717) is 40.1 Å². The van der Waals surface area contributed by atoms with Crippen LogP contribution in [0.4, 0.5) is 5.69 Å². The molecule has 2 aliphatic heterocycles. The Morgan fingerprint density at radius 1 is 1.21 bits per heavy atom. The van der Waals surface area contributed by atoms with Gasteiger partial charge in [-0.05, 0) is 30.7 Å². The lowest BCUT2D eigenvalue weighted by Crippen LogP contribution is -2.50. The summed E-state index contributed by atoms with van der Waals surface area (Å²) in [5.41, 5.74) is 0.944. The molecule has 2 amide bonds. The lowest BCUT2D eigenvalue weighted by Gasteiger charge is -2.34. The van der Waals surface area contributed by atoms with E-state index < -0.39 is 6.10 Å². The van der Waals surface area contributed by atoms with Crippen molar-refractivity contribution in [2.24, 2.45) is 0 Å². The van der Waals surface area contributed by atoms with E-state index in [1.807, 2.05) is 13.0 Å². The summed E-state index contributed by atoms with van der Waals surface area (Å²) in [4.78, 5) is 27.3. The number of nitrogens with one attached hydrogen (secondary N) is 1. The summed E-state index contributed by atoms with van der Waals surface area (Å²) in [6, 6.07) is 10.3. The number of ether oxygens (including phenoxy) is 3. The monoisotopic (exact) mass is 402 g/mol. The van der Waals surface area contributed by atoms with Crippen LogP contribution in [-0.4, -0.2) is 37.8 Å². The van der Waals surface area contributed by atoms with Gasteiger partial charge in [-0.25, -0.2) is 0 Å². The van der Waals surface area contributed by atoms with Crippen LogP contribution in [0.5, 0.6) is 17.2 Å². The first kappa shape index (κ1) is 18.4. The van der Waals surface area contributed by atoms with Gasteiger partial charge in [0, 0.05) is 12.1 Å². The van der Waals surface area contributed by atoms with E-state index in [-0.39, 0.29) is 25.2 Å². The van der Waals surface area contributed by atoms with E-state index >= 15 is 0 Å². The topological polar surface area (TPSA) is 77.1 Å². The number of hydrogen-bond acceptors (Lipinski definition) is 5. The molecular formula is C20H19ClN2O5. The van der Waals surface area contributed by atoms with Gasteiger partial charge < -0.3 is 24.4 Å². The predicted molar refractivity (Wildman–Crippen MR) is 103 cm³/mol. The van der Waals surface area contributed by atoms with Crippen LogP contribution in [0.1, 0.15) is 23.7 Å². The van der Waals surface area contributed by atoms with Crippen LogP contribution >= 0.6 is 11.6 Å². The number of nitrogens with zero attached hydrogens (tertiary/aromatic N) is 1. The highest BCUT2D eigenvalue weighted by atomic mass is 35.5. The molecule has 1 N–H and O–H groups in total. The van der Waals surface area contributed by atoms with Crippen molar-refractivity contribution in [3.63, 3.8) is 0 Å².